The largest absolute Gasteiger partial charge is 0.481 e. The number of carbonyl (C=O) groups excluding carboxylic acids is 1. The third kappa shape index (κ3) is 3.83. The molecule has 6 rings (SSSR count). The molecule has 2 aliphatic carbocycles. The van der Waals surface area contributed by atoms with Crippen LogP contribution in [0.1, 0.15) is 58.6 Å². The number of amides is 1. The van der Waals surface area contributed by atoms with Gasteiger partial charge in [-0.3, -0.25) is 19.0 Å². The highest BCUT2D eigenvalue weighted by Gasteiger charge is 2.59. The van der Waals surface area contributed by atoms with E-state index in [0.29, 0.717) is 40.9 Å². The molecule has 10 nitrogen and oxygen atoms in total. The molecule has 0 aromatic carbocycles. The first-order valence-corrected chi connectivity index (χ1v) is 13.3. The van der Waals surface area contributed by atoms with Gasteiger partial charge in [-0.1, -0.05) is 0 Å². The van der Waals surface area contributed by atoms with Gasteiger partial charge in [0.05, 0.1) is 11.3 Å². The quantitative estimate of drug-likeness (QED) is 0.380. The molecular formula is C25H24F3N5O5S. The van der Waals surface area contributed by atoms with Crippen LogP contribution in [-0.4, -0.2) is 48.4 Å². The first-order valence-electron chi connectivity index (χ1n) is 12.5. The number of anilines is 2. The summed E-state index contributed by atoms with van der Waals surface area (Å²) in [6, 6.07) is 1.51. The topological polar surface area (TPSA) is 146 Å². The highest BCUT2D eigenvalue weighted by atomic mass is 32.1. The SMILES string of the molecule is Cc1cc(Nc2ncnc3sc4c(c23)CC[C@H](C(=O)O)C4)c(=O)n2c1C(=O)NC21CCC(O)(C(F)(F)F)CC1. The average Bonchev–Trinajstić information content (AvgIpc) is 3.39. The van der Waals surface area contributed by atoms with E-state index in [9.17, 15) is 37.8 Å². The van der Waals surface area contributed by atoms with E-state index in [-0.39, 0.29) is 24.2 Å². The van der Waals surface area contributed by atoms with Gasteiger partial charge < -0.3 is 20.8 Å². The van der Waals surface area contributed by atoms with Crippen molar-refractivity contribution in [1.82, 2.24) is 19.9 Å². The van der Waals surface area contributed by atoms with Gasteiger partial charge in [-0.05, 0) is 69.1 Å². The normalized spacial score (nSPS) is 26.4. The highest BCUT2D eigenvalue weighted by molar-refractivity contribution is 7.19. The average molecular weight is 564 g/mol. The number of fused-ring (bicyclic) bond motifs is 5. The standard InChI is InChI=1S/C25H24F3N5O5S/c1-11-8-14(31-18-16-13-3-2-12(22(36)37)9-15(13)39-20(16)30-10-29-18)21(35)33-17(11)19(34)32-24(33)6-4-23(38,5-7-24)25(26,27)28/h8,10,12,38H,2-7,9H2,1H3,(H,32,34)(H,36,37)(H,29,30,31)/t12-,23?,24?/m0/s1. The molecule has 0 bridgehead atoms. The third-order valence-electron chi connectivity index (χ3n) is 8.26. The molecule has 4 heterocycles. The van der Waals surface area contributed by atoms with E-state index in [4.69, 9.17) is 0 Å². The van der Waals surface area contributed by atoms with Crippen LogP contribution in [0.4, 0.5) is 24.7 Å². The Hall–Kier alpha value is -3.52. The van der Waals surface area contributed by atoms with E-state index in [2.05, 4.69) is 20.6 Å². The number of thiophene rings is 1. The van der Waals surface area contributed by atoms with Gasteiger partial charge in [-0.25, -0.2) is 9.97 Å². The minimum absolute atomic E-state index is 0.0726. The summed E-state index contributed by atoms with van der Waals surface area (Å²) in [6.07, 6.45) is -4.00. The van der Waals surface area contributed by atoms with Gasteiger partial charge in [-0.15, -0.1) is 11.3 Å². The molecule has 0 saturated heterocycles. The zero-order valence-electron chi connectivity index (χ0n) is 20.7. The molecule has 3 aromatic heterocycles. The minimum Gasteiger partial charge on any atom is -0.481 e. The molecule has 1 fully saturated rings. The van der Waals surface area contributed by atoms with E-state index in [1.54, 1.807) is 6.92 Å². The van der Waals surface area contributed by atoms with E-state index in [1.807, 2.05) is 0 Å². The summed E-state index contributed by atoms with van der Waals surface area (Å²) in [5.74, 6) is -1.54. The maximum absolute atomic E-state index is 13.8. The smallest absolute Gasteiger partial charge is 0.417 e. The van der Waals surface area contributed by atoms with Crippen molar-refractivity contribution < 1.29 is 33.0 Å². The zero-order chi connectivity index (χ0) is 27.9. The number of hydrogen-bond acceptors (Lipinski definition) is 8. The van der Waals surface area contributed by atoms with Gasteiger partial charge in [0.25, 0.3) is 11.5 Å². The van der Waals surface area contributed by atoms with Crippen molar-refractivity contribution in [2.75, 3.05) is 5.32 Å². The van der Waals surface area contributed by atoms with E-state index in [1.165, 1.54) is 28.3 Å². The first-order chi connectivity index (χ1) is 18.3. The number of aliphatic hydroxyl groups is 1. The molecule has 14 heteroatoms. The van der Waals surface area contributed by atoms with Crippen LogP contribution < -0.4 is 16.2 Å². The highest BCUT2D eigenvalue weighted by Crippen LogP contribution is 2.48. The van der Waals surface area contributed by atoms with Crippen molar-refractivity contribution in [3.8, 4) is 0 Å². The molecule has 206 valence electrons. The number of nitrogens with one attached hydrogen (secondary N) is 2. The second-order valence-corrected chi connectivity index (χ2v) is 11.6. The van der Waals surface area contributed by atoms with Crippen LogP contribution in [0.15, 0.2) is 17.2 Å². The van der Waals surface area contributed by atoms with Crippen LogP contribution in [0.5, 0.6) is 0 Å². The van der Waals surface area contributed by atoms with Crippen LogP contribution in [0, 0.1) is 12.8 Å². The Labute approximate surface area is 222 Å². The van der Waals surface area contributed by atoms with Gasteiger partial charge in [0.1, 0.15) is 34.0 Å². The number of carbonyl (C=O) groups is 2. The summed E-state index contributed by atoms with van der Waals surface area (Å²) in [6.45, 7) is 1.64. The Kier molecular flexibility index (Phi) is 5.60. The van der Waals surface area contributed by atoms with Gasteiger partial charge in [0.15, 0.2) is 5.60 Å². The van der Waals surface area contributed by atoms with Crippen molar-refractivity contribution >= 4 is 44.9 Å². The number of carboxylic acid groups (broad SMARTS) is 1. The molecule has 1 amide bonds. The van der Waals surface area contributed by atoms with Crippen molar-refractivity contribution in [1.29, 1.82) is 0 Å². The predicted octanol–water partition coefficient (Wildman–Crippen LogP) is 3.36. The number of nitrogens with zero attached hydrogens (tertiary/aromatic N) is 3. The lowest BCUT2D eigenvalue weighted by molar-refractivity contribution is -0.275. The van der Waals surface area contributed by atoms with Crippen molar-refractivity contribution in [2.24, 2.45) is 5.92 Å². The summed E-state index contributed by atoms with van der Waals surface area (Å²) in [7, 11) is 0. The summed E-state index contributed by atoms with van der Waals surface area (Å²) >= 11 is 1.38. The second kappa shape index (κ2) is 8.49. The van der Waals surface area contributed by atoms with Crippen LogP contribution in [0.25, 0.3) is 10.2 Å². The molecule has 1 aliphatic heterocycles. The first kappa shape index (κ1) is 25.7. The van der Waals surface area contributed by atoms with Gasteiger partial charge in [0.2, 0.25) is 0 Å². The fraction of sp³-hybridized carbons (Fsp3) is 0.480. The lowest BCUT2D eigenvalue weighted by Gasteiger charge is -2.43. The number of alkyl halides is 3. The summed E-state index contributed by atoms with van der Waals surface area (Å²) in [4.78, 5) is 48.4. The second-order valence-electron chi connectivity index (χ2n) is 10.6. The van der Waals surface area contributed by atoms with Crippen molar-refractivity contribution in [2.45, 2.75) is 69.3 Å². The number of aryl methyl sites for hydroxylation is 2. The Morgan fingerprint density at radius 3 is 2.62 bits per heavy atom. The predicted molar refractivity (Wildman–Crippen MR) is 134 cm³/mol. The van der Waals surface area contributed by atoms with Crippen molar-refractivity contribution in [3.05, 3.63) is 44.4 Å². The lowest BCUT2D eigenvalue weighted by Crippen LogP contribution is -2.57. The fourth-order valence-electron chi connectivity index (χ4n) is 6.10. The van der Waals surface area contributed by atoms with Gasteiger partial charge in [0, 0.05) is 4.88 Å². The van der Waals surface area contributed by atoms with Gasteiger partial charge in [-0.2, -0.15) is 13.2 Å². The monoisotopic (exact) mass is 563 g/mol. The third-order valence-corrected chi connectivity index (χ3v) is 9.42. The van der Waals surface area contributed by atoms with Gasteiger partial charge >= 0.3 is 12.1 Å². The number of pyridine rings is 1. The summed E-state index contributed by atoms with van der Waals surface area (Å²) in [5.41, 5.74) is -3.34. The molecule has 3 aliphatic rings. The van der Waals surface area contributed by atoms with Crippen LogP contribution >= 0.6 is 11.3 Å². The number of rotatable bonds is 3. The number of hydrogen-bond donors (Lipinski definition) is 4. The molecule has 1 atom stereocenters. The Bertz CT molecular complexity index is 1610. The van der Waals surface area contributed by atoms with E-state index >= 15 is 0 Å². The molecule has 4 N–H and O–H groups in total. The molecule has 39 heavy (non-hydrogen) atoms. The molecular weight excluding hydrogens is 539 g/mol. The van der Waals surface area contributed by atoms with E-state index in [0.717, 1.165) is 10.4 Å². The Morgan fingerprint density at radius 2 is 1.95 bits per heavy atom. The Morgan fingerprint density at radius 1 is 1.23 bits per heavy atom. The molecule has 1 saturated carbocycles. The van der Waals surface area contributed by atoms with Crippen LogP contribution in [0.3, 0.4) is 0 Å². The molecule has 0 unspecified atom stereocenters. The molecule has 0 radical (unpaired) electrons. The summed E-state index contributed by atoms with van der Waals surface area (Å²) < 4.78 is 41.6. The Balaban J connectivity index is 1.40. The number of carboxylic acids is 1. The molecule has 3 aromatic rings. The van der Waals surface area contributed by atoms with Crippen LogP contribution in [0.2, 0.25) is 0 Å². The maximum atomic E-state index is 13.8. The zero-order valence-corrected chi connectivity index (χ0v) is 21.5. The molecule has 1 spiro atoms. The van der Waals surface area contributed by atoms with E-state index < -0.39 is 53.6 Å². The number of aromatic nitrogens is 3. The fourth-order valence-corrected chi connectivity index (χ4v) is 7.37. The maximum Gasteiger partial charge on any atom is 0.417 e. The van der Waals surface area contributed by atoms with Crippen molar-refractivity contribution in [3.63, 3.8) is 0 Å². The minimum atomic E-state index is -4.83. The summed E-state index contributed by atoms with van der Waals surface area (Å²) in [5, 5.41) is 26.1. The number of aliphatic carboxylic acids is 1. The lowest BCUT2D eigenvalue weighted by atomic mass is 9.78. The number of halogens is 3. The van der Waals surface area contributed by atoms with Crippen LogP contribution in [-0.2, 0) is 23.3 Å².